The molecule has 0 radical (unpaired) electrons. The lowest BCUT2D eigenvalue weighted by Gasteiger charge is -2.12. The molecule has 0 spiro atoms. The van der Waals surface area contributed by atoms with Crippen LogP contribution in [0.5, 0.6) is 0 Å². The van der Waals surface area contributed by atoms with Crippen molar-refractivity contribution in [2.24, 2.45) is 0 Å². The van der Waals surface area contributed by atoms with Crippen LogP contribution in [0, 0.1) is 10.1 Å². The summed E-state index contributed by atoms with van der Waals surface area (Å²) in [4.78, 5) is 38.8. The highest BCUT2D eigenvalue weighted by Crippen LogP contribution is 2.23. The van der Waals surface area contributed by atoms with Gasteiger partial charge in [0.1, 0.15) is 17.7 Å². The largest absolute Gasteiger partial charge is 0.370 e. The van der Waals surface area contributed by atoms with Crippen molar-refractivity contribution < 1.29 is 14.5 Å². The van der Waals surface area contributed by atoms with Crippen LogP contribution in [0.3, 0.4) is 0 Å². The zero-order valence-electron chi connectivity index (χ0n) is 11.6. The number of hydrogen-bond acceptors (Lipinski definition) is 7. The van der Waals surface area contributed by atoms with E-state index in [4.69, 9.17) is 0 Å². The molecular weight excluding hydrogens is 278 g/mol. The third kappa shape index (κ3) is 3.07. The lowest BCUT2D eigenvalue weighted by atomic mass is 10.2. The third-order valence-electron chi connectivity index (χ3n) is 3.08. The van der Waals surface area contributed by atoms with Gasteiger partial charge in [-0.2, -0.15) is 0 Å². The number of nitrogens with zero attached hydrogens (tertiary/aromatic N) is 3. The van der Waals surface area contributed by atoms with Crippen LogP contribution in [0.2, 0.25) is 0 Å². The van der Waals surface area contributed by atoms with Crippen LogP contribution >= 0.6 is 0 Å². The number of rotatable bonds is 5. The number of likely N-dealkylation sites (N-methyl/N-ethyl adjacent to an activating group) is 1. The molecule has 2 amide bonds. The Labute approximate surface area is 120 Å². The summed E-state index contributed by atoms with van der Waals surface area (Å²) < 4.78 is 0. The van der Waals surface area contributed by atoms with Crippen LogP contribution in [0.1, 0.15) is 13.3 Å². The van der Waals surface area contributed by atoms with E-state index in [2.05, 4.69) is 15.6 Å². The molecule has 1 atom stereocenters. The Kier molecular flexibility index (Phi) is 4.01. The number of nitrogens with one attached hydrogen (secondary N) is 2. The number of aromatic nitrogens is 1. The first-order valence-corrected chi connectivity index (χ1v) is 6.39. The number of anilines is 2. The summed E-state index contributed by atoms with van der Waals surface area (Å²) in [7, 11) is 1.40. The molecule has 1 aliphatic heterocycles. The van der Waals surface area contributed by atoms with Gasteiger partial charge in [-0.25, -0.2) is 4.98 Å². The van der Waals surface area contributed by atoms with E-state index >= 15 is 0 Å². The third-order valence-corrected chi connectivity index (χ3v) is 3.08. The number of pyridine rings is 1. The van der Waals surface area contributed by atoms with Crippen molar-refractivity contribution in [3.8, 4) is 0 Å². The summed E-state index contributed by atoms with van der Waals surface area (Å²) in [5, 5.41) is 16.6. The van der Waals surface area contributed by atoms with E-state index in [9.17, 15) is 19.7 Å². The van der Waals surface area contributed by atoms with Crippen molar-refractivity contribution in [1.82, 2.24) is 9.88 Å². The van der Waals surface area contributed by atoms with Crippen molar-refractivity contribution in [3.05, 3.63) is 22.2 Å². The van der Waals surface area contributed by atoms with Gasteiger partial charge in [-0.15, -0.1) is 0 Å². The fraction of sp³-hybridized carbons (Fsp3) is 0.417. The first-order chi connectivity index (χ1) is 9.92. The lowest BCUT2D eigenvalue weighted by molar-refractivity contribution is -0.384. The summed E-state index contributed by atoms with van der Waals surface area (Å²) in [6.45, 7) is 2.39. The zero-order chi connectivity index (χ0) is 15.6. The maximum Gasteiger partial charge on any atom is 0.276 e. The molecule has 0 saturated carbocycles. The molecule has 2 N–H and O–H groups in total. The smallest absolute Gasteiger partial charge is 0.276 e. The number of hydrogen-bond donors (Lipinski definition) is 2. The van der Waals surface area contributed by atoms with Gasteiger partial charge >= 0.3 is 0 Å². The highest BCUT2D eigenvalue weighted by Gasteiger charge is 2.36. The molecule has 21 heavy (non-hydrogen) atoms. The molecule has 0 aromatic carbocycles. The average Bonchev–Trinajstić information content (AvgIpc) is 2.66. The van der Waals surface area contributed by atoms with Gasteiger partial charge in [0.15, 0.2) is 0 Å². The van der Waals surface area contributed by atoms with Gasteiger partial charge in [0.05, 0.1) is 23.5 Å². The fourth-order valence-corrected chi connectivity index (χ4v) is 2.01. The molecule has 112 valence electrons. The van der Waals surface area contributed by atoms with Crippen molar-refractivity contribution in [3.63, 3.8) is 0 Å². The predicted molar refractivity (Wildman–Crippen MR) is 74.9 cm³/mol. The molecule has 2 heterocycles. The van der Waals surface area contributed by atoms with Gasteiger partial charge in [0, 0.05) is 13.6 Å². The maximum atomic E-state index is 11.8. The monoisotopic (exact) mass is 293 g/mol. The van der Waals surface area contributed by atoms with E-state index < -0.39 is 11.0 Å². The second-order valence-corrected chi connectivity index (χ2v) is 4.58. The molecule has 1 fully saturated rings. The zero-order valence-corrected chi connectivity index (χ0v) is 11.6. The topological polar surface area (TPSA) is 117 Å². The number of amides is 2. The Balaban J connectivity index is 2.25. The van der Waals surface area contributed by atoms with Gasteiger partial charge < -0.3 is 10.6 Å². The van der Waals surface area contributed by atoms with Crippen LogP contribution in [-0.4, -0.2) is 46.3 Å². The first kappa shape index (κ1) is 14.7. The summed E-state index contributed by atoms with van der Waals surface area (Å²) in [6.07, 6.45) is 0.0102. The number of imide groups is 1. The molecule has 1 aliphatic rings. The first-order valence-electron chi connectivity index (χ1n) is 6.39. The van der Waals surface area contributed by atoms with E-state index in [1.807, 2.05) is 6.92 Å². The van der Waals surface area contributed by atoms with Crippen molar-refractivity contribution in [1.29, 1.82) is 0 Å². The van der Waals surface area contributed by atoms with E-state index in [1.54, 1.807) is 0 Å². The molecule has 1 unspecified atom stereocenters. The predicted octanol–water partition coefficient (Wildman–Crippen LogP) is 0.591. The molecule has 2 rings (SSSR count). The van der Waals surface area contributed by atoms with Crippen molar-refractivity contribution >= 4 is 29.1 Å². The van der Waals surface area contributed by atoms with E-state index in [1.165, 1.54) is 19.2 Å². The number of carbonyl (C=O) groups is 2. The molecule has 0 aliphatic carbocycles. The van der Waals surface area contributed by atoms with Crippen molar-refractivity contribution in [2.75, 3.05) is 24.2 Å². The second-order valence-electron chi connectivity index (χ2n) is 4.58. The minimum absolute atomic E-state index is 0.0102. The van der Waals surface area contributed by atoms with E-state index in [0.717, 1.165) is 4.90 Å². The Morgan fingerprint density at radius 1 is 1.43 bits per heavy atom. The lowest BCUT2D eigenvalue weighted by Crippen LogP contribution is -2.32. The van der Waals surface area contributed by atoms with Crippen LogP contribution in [0.4, 0.5) is 17.3 Å². The Morgan fingerprint density at radius 2 is 2.10 bits per heavy atom. The highest BCUT2D eigenvalue weighted by atomic mass is 16.6. The average molecular weight is 293 g/mol. The summed E-state index contributed by atoms with van der Waals surface area (Å²) >= 11 is 0. The fourth-order valence-electron chi connectivity index (χ4n) is 2.01. The van der Waals surface area contributed by atoms with Gasteiger partial charge in [0.25, 0.3) is 11.6 Å². The molecule has 1 saturated heterocycles. The van der Waals surface area contributed by atoms with Crippen LogP contribution in [0.15, 0.2) is 12.1 Å². The quantitative estimate of drug-likeness (QED) is 0.463. The minimum Gasteiger partial charge on any atom is -0.370 e. The Morgan fingerprint density at radius 3 is 2.62 bits per heavy atom. The minimum atomic E-state index is -0.744. The molecule has 9 heteroatoms. The van der Waals surface area contributed by atoms with Gasteiger partial charge in [0.2, 0.25) is 5.91 Å². The standard InChI is InChI=1S/C12H15N5O4/c1-3-13-9-4-7(17(20)21)5-10(15-9)14-8-6-11(18)16(2)12(8)19/h4-5,8H,3,6H2,1-2H3,(H2,13,14,15). The van der Waals surface area contributed by atoms with E-state index in [0.29, 0.717) is 12.4 Å². The van der Waals surface area contributed by atoms with Gasteiger partial charge in [-0.1, -0.05) is 0 Å². The van der Waals surface area contributed by atoms with Gasteiger partial charge in [-0.3, -0.25) is 24.6 Å². The summed E-state index contributed by atoms with van der Waals surface area (Å²) in [5.41, 5.74) is -0.145. The van der Waals surface area contributed by atoms with Crippen LogP contribution in [-0.2, 0) is 9.59 Å². The molecular formula is C12H15N5O4. The number of carbonyl (C=O) groups excluding carboxylic acids is 2. The molecule has 0 bridgehead atoms. The van der Waals surface area contributed by atoms with Crippen LogP contribution in [0.25, 0.3) is 0 Å². The summed E-state index contributed by atoms with van der Waals surface area (Å²) in [6, 6.07) is 1.80. The normalized spacial score (nSPS) is 18.0. The van der Waals surface area contributed by atoms with E-state index in [-0.39, 0.29) is 29.7 Å². The van der Waals surface area contributed by atoms with Crippen LogP contribution < -0.4 is 10.6 Å². The number of nitro groups is 1. The van der Waals surface area contributed by atoms with Gasteiger partial charge in [-0.05, 0) is 6.92 Å². The highest BCUT2D eigenvalue weighted by molar-refractivity contribution is 6.06. The molecule has 1 aromatic heterocycles. The molecule has 1 aromatic rings. The van der Waals surface area contributed by atoms with Crippen molar-refractivity contribution in [2.45, 2.75) is 19.4 Å². The number of likely N-dealkylation sites (tertiary alicyclic amines) is 1. The summed E-state index contributed by atoms with van der Waals surface area (Å²) in [5.74, 6) is -0.158. The second kappa shape index (κ2) is 5.73. The molecule has 9 nitrogen and oxygen atoms in total. The Bertz CT molecular complexity index is 603. The Hall–Kier alpha value is -2.71. The SMILES string of the molecule is CCNc1cc([N+](=O)[O-])cc(NC2CC(=O)N(C)C2=O)n1. The maximum absolute atomic E-state index is 11.8.